The van der Waals surface area contributed by atoms with Gasteiger partial charge in [0.1, 0.15) is 18.9 Å². The van der Waals surface area contributed by atoms with Crippen LogP contribution >= 0.6 is 55.2 Å². The molecule has 3 aromatic carbocycles. The molecule has 0 unspecified atom stereocenters. The van der Waals surface area contributed by atoms with Gasteiger partial charge in [-0.15, -0.1) is 0 Å². The number of halogens is 3. The number of amides is 3. The normalized spacial score (nSPS) is 16.7. The van der Waals surface area contributed by atoms with E-state index in [4.69, 9.17) is 16.3 Å². The average molecular weight is 706 g/mol. The molecular formula is C29H24Br2ClN3O4S. The summed E-state index contributed by atoms with van der Waals surface area (Å²) >= 11 is 14.1. The van der Waals surface area contributed by atoms with Crippen LogP contribution < -0.4 is 9.64 Å². The minimum atomic E-state index is -0.474. The van der Waals surface area contributed by atoms with Crippen LogP contribution in [0.15, 0.2) is 80.6 Å². The second-order valence-corrected chi connectivity index (χ2v) is 12.3. The number of nitrogens with zero attached hydrogens (tertiary/aromatic N) is 3. The molecule has 7 nitrogen and oxygen atoms in total. The lowest BCUT2D eigenvalue weighted by Gasteiger charge is -2.36. The van der Waals surface area contributed by atoms with E-state index in [-0.39, 0.29) is 24.0 Å². The van der Waals surface area contributed by atoms with Crippen molar-refractivity contribution in [2.75, 3.05) is 37.6 Å². The van der Waals surface area contributed by atoms with E-state index in [2.05, 4.69) is 36.8 Å². The highest BCUT2D eigenvalue weighted by atomic mass is 79.9. The minimum Gasteiger partial charge on any atom is -0.486 e. The van der Waals surface area contributed by atoms with Gasteiger partial charge in [0.2, 0.25) is 5.91 Å². The molecule has 40 heavy (non-hydrogen) atoms. The van der Waals surface area contributed by atoms with Gasteiger partial charge in [0, 0.05) is 42.5 Å². The summed E-state index contributed by atoms with van der Waals surface area (Å²) in [6.45, 7) is 2.47. The first-order valence-electron chi connectivity index (χ1n) is 12.5. The SMILES string of the molecule is O=C(CN1C(=O)S/C(=C/c2cc(Br)c(OCc3ccccc3Cl)c(Br)c2)C1=O)N1CCN(c2ccccc2)CC1. The van der Waals surface area contributed by atoms with Crippen LogP contribution in [0.2, 0.25) is 5.02 Å². The number of ether oxygens (including phenoxy) is 1. The predicted molar refractivity (Wildman–Crippen MR) is 166 cm³/mol. The third-order valence-corrected chi connectivity index (χ3v) is 9.02. The molecule has 206 valence electrons. The molecule has 2 saturated heterocycles. The first kappa shape index (κ1) is 28.7. The Morgan fingerprint density at radius 2 is 1.60 bits per heavy atom. The molecule has 0 aromatic heterocycles. The largest absolute Gasteiger partial charge is 0.486 e. The highest BCUT2D eigenvalue weighted by molar-refractivity contribution is 9.11. The Morgan fingerprint density at radius 1 is 0.950 bits per heavy atom. The predicted octanol–water partition coefficient (Wildman–Crippen LogP) is 6.83. The number of hydrogen-bond donors (Lipinski definition) is 0. The maximum atomic E-state index is 13.1. The number of carbonyl (C=O) groups is 3. The third-order valence-electron chi connectivity index (χ3n) is 6.57. The molecule has 0 N–H and O–H groups in total. The molecular weight excluding hydrogens is 682 g/mol. The smallest absolute Gasteiger partial charge is 0.294 e. The van der Waals surface area contributed by atoms with Crippen LogP contribution in [0.3, 0.4) is 0 Å². The molecule has 0 saturated carbocycles. The van der Waals surface area contributed by atoms with Crippen molar-refractivity contribution >= 4 is 84.0 Å². The van der Waals surface area contributed by atoms with Crippen LogP contribution in [0.4, 0.5) is 10.5 Å². The Morgan fingerprint density at radius 3 is 2.27 bits per heavy atom. The number of benzene rings is 3. The molecule has 3 aromatic rings. The highest BCUT2D eigenvalue weighted by Gasteiger charge is 2.37. The Balaban J connectivity index is 1.21. The molecule has 11 heteroatoms. The maximum absolute atomic E-state index is 13.1. The van der Waals surface area contributed by atoms with Crippen LogP contribution in [-0.4, -0.2) is 59.6 Å². The van der Waals surface area contributed by atoms with Crippen LogP contribution in [0, 0.1) is 0 Å². The van der Waals surface area contributed by atoms with Crippen molar-refractivity contribution in [3.8, 4) is 5.75 Å². The van der Waals surface area contributed by atoms with Crippen molar-refractivity contribution in [2.45, 2.75) is 6.61 Å². The van der Waals surface area contributed by atoms with E-state index >= 15 is 0 Å². The van der Waals surface area contributed by atoms with E-state index in [1.807, 2.05) is 48.5 Å². The van der Waals surface area contributed by atoms with Crippen molar-refractivity contribution in [1.29, 1.82) is 0 Å². The van der Waals surface area contributed by atoms with Crippen molar-refractivity contribution < 1.29 is 19.1 Å². The molecule has 2 aliphatic heterocycles. The number of hydrogen-bond acceptors (Lipinski definition) is 6. The van der Waals surface area contributed by atoms with Gasteiger partial charge in [-0.2, -0.15) is 0 Å². The van der Waals surface area contributed by atoms with E-state index < -0.39 is 11.1 Å². The topological polar surface area (TPSA) is 70.2 Å². The second kappa shape index (κ2) is 12.8. The summed E-state index contributed by atoms with van der Waals surface area (Å²) in [6, 6.07) is 21.1. The number of carbonyl (C=O) groups excluding carboxylic acids is 3. The fourth-order valence-corrected chi connectivity index (χ4v) is 6.92. The lowest BCUT2D eigenvalue weighted by atomic mass is 10.2. The van der Waals surface area contributed by atoms with Crippen molar-refractivity contribution in [3.05, 3.63) is 96.7 Å². The summed E-state index contributed by atoms with van der Waals surface area (Å²) in [5.74, 6) is -0.123. The molecule has 3 amide bonds. The summed E-state index contributed by atoms with van der Waals surface area (Å²) in [7, 11) is 0. The first-order chi connectivity index (χ1) is 19.3. The van der Waals surface area contributed by atoms with Gasteiger partial charge in [-0.3, -0.25) is 19.3 Å². The maximum Gasteiger partial charge on any atom is 0.294 e. The van der Waals surface area contributed by atoms with Crippen molar-refractivity contribution in [3.63, 3.8) is 0 Å². The highest BCUT2D eigenvalue weighted by Crippen LogP contribution is 2.38. The zero-order chi connectivity index (χ0) is 28.2. The van der Waals surface area contributed by atoms with Gasteiger partial charge in [0.15, 0.2) is 0 Å². The van der Waals surface area contributed by atoms with Gasteiger partial charge >= 0.3 is 0 Å². The van der Waals surface area contributed by atoms with Gasteiger partial charge in [0.25, 0.3) is 11.1 Å². The zero-order valence-corrected chi connectivity index (χ0v) is 25.9. The number of anilines is 1. The molecule has 0 aliphatic carbocycles. The second-order valence-electron chi connectivity index (χ2n) is 9.16. The average Bonchev–Trinajstić information content (AvgIpc) is 3.21. The molecule has 0 bridgehead atoms. The number of para-hydroxylation sites is 1. The first-order valence-corrected chi connectivity index (χ1v) is 15.3. The molecule has 0 atom stereocenters. The van der Waals surface area contributed by atoms with E-state index in [0.29, 0.717) is 51.5 Å². The lowest BCUT2D eigenvalue weighted by Crippen LogP contribution is -2.51. The third kappa shape index (κ3) is 6.57. The van der Waals surface area contributed by atoms with E-state index in [1.165, 1.54) is 0 Å². The lowest BCUT2D eigenvalue weighted by molar-refractivity contribution is -0.136. The standard InChI is InChI=1S/C29H24Br2ClN3O4S/c30-22-14-19(15-23(31)27(22)39-18-20-6-4-5-9-24(20)32)16-25-28(37)35(29(38)40-25)17-26(36)34-12-10-33(11-13-34)21-7-2-1-3-8-21/h1-9,14-16H,10-13,17-18H2/b25-16+. The summed E-state index contributed by atoms with van der Waals surface area (Å²) < 4.78 is 7.31. The van der Waals surface area contributed by atoms with E-state index in [9.17, 15) is 14.4 Å². The number of rotatable bonds is 7. The Kier molecular flexibility index (Phi) is 9.20. The minimum absolute atomic E-state index is 0.234. The summed E-state index contributed by atoms with van der Waals surface area (Å²) in [5.41, 5.74) is 2.66. The fourth-order valence-electron chi connectivity index (χ4n) is 4.44. The molecule has 5 rings (SSSR count). The molecule has 2 heterocycles. The summed E-state index contributed by atoms with van der Waals surface area (Å²) in [4.78, 5) is 43.9. The Labute approximate surface area is 258 Å². The molecule has 0 radical (unpaired) electrons. The van der Waals surface area contributed by atoms with Crippen LogP contribution in [-0.2, 0) is 16.2 Å². The van der Waals surface area contributed by atoms with Crippen LogP contribution in [0.25, 0.3) is 6.08 Å². The van der Waals surface area contributed by atoms with Gasteiger partial charge in [-0.1, -0.05) is 48.0 Å². The van der Waals surface area contributed by atoms with Gasteiger partial charge < -0.3 is 14.5 Å². The number of thioether (sulfide) groups is 1. The zero-order valence-electron chi connectivity index (χ0n) is 21.2. The fraction of sp³-hybridized carbons (Fsp3) is 0.207. The monoisotopic (exact) mass is 703 g/mol. The van der Waals surface area contributed by atoms with E-state index in [0.717, 1.165) is 27.9 Å². The van der Waals surface area contributed by atoms with E-state index in [1.54, 1.807) is 29.2 Å². The van der Waals surface area contributed by atoms with Crippen LogP contribution in [0.1, 0.15) is 11.1 Å². The Bertz CT molecular complexity index is 1460. The summed E-state index contributed by atoms with van der Waals surface area (Å²) in [6.07, 6.45) is 1.64. The van der Waals surface area contributed by atoms with Gasteiger partial charge in [-0.25, -0.2) is 0 Å². The van der Waals surface area contributed by atoms with Crippen molar-refractivity contribution in [1.82, 2.24) is 9.80 Å². The van der Waals surface area contributed by atoms with Crippen molar-refractivity contribution in [2.24, 2.45) is 0 Å². The summed E-state index contributed by atoms with van der Waals surface area (Å²) in [5, 5.41) is 0.167. The molecule has 2 aliphatic rings. The molecule has 0 spiro atoms. The Hall–Kier alpha value is -2.79. The number of imide groups is 1. The quantitative estimate of drug-likeness (QED) is 0.251. The number of piperazine rings is 1. The van der Waals surface area contributed by atoms with Gasteiger partial charge in [0.05, 0.1) is 13.9 Å². The van der Waals surface area contributed by atoms with Gasteiger partial charge in [-0.05, 0) is 85.6 Å². The van der Waals surface area contributed by atoms with Crippen LogP contribution in [0.5, 0.6) is 5.75 Å². The molecule has 2 fully saturated rings.